The molecule has 0 bridgehead atoms. The van der Waals surface area contributed by atoms with Crippen molar-refractivity contribution in [2.75, 3.05) is 41.3 Å². The number of amides is 1. The molecule has 1 fully saturated rings. The van der Waals surface area contributed by atoms with Crippen molar-refractivity contribution >= 4 is 46.5 Å². The van der Waals surface area contributed by atoms with E-state index in [1.807, 2.05) is 10.3 Å². The molecule has 4 rings (SSSR count). The molecule has 3 heterocycles. The van der Waals surface area contributed by atoms with Gasteiger partial charge in [-0.2, -0.15) is 13.2 Å². The minimum atomic E-state index is -5.08. The molecule has 36 heavy (non-hydrogen) atoms. The van der Waals surface area contributed by atoms with E-state index in [1.54, 1.807) is 42.7 Å². The number of rotatable bonds is 5. The third-order valence-electron chi connectivity index (χ3n) is 4.93. The normalized spacial score (nSPS) is 13.4. The van der Waals surface area contributed by atoms with Crippen LogP contribution in [0.5, 0.6) is 0 Å². The average Bonchev–Trinajstić information content (AvgIpc) is 3.40. The van der Waals surface area contributed by atoms with Crippen LogP contribution in [0.2, 0.25) is 0 Å². The highest BCUT2D eigenvalue weighted by atomic mass is 32.1. The Bertz CT molecular complexity index is 1200. The van der Waals surface area contributed by atoms with Gasteiger partial charge in [0.25, 0.3) is 5.91 Å². The molecule has 0 saturated carbocycles. The van der Waals surface area contributed by atoms with Crippen LogP contribution < -0.4 is 15.1 Å². The molecular weight excluding hydrogens is 503 g/mol. The van der Waals surface area contributed by atoms with Crippen molar-refractivity contribution in [3.63, 3.8) is 0 Å². The number of aliphatic carboxylic acids is 1. The fourth-order valence-electron chi connectivity index (χ4n) is 3.26. The van der Waals surface area contributed by atoms with Gasteiger partial charge in [0, 0.05) is 44.3 Å². The van der Waals surface area contributed by atoms with Gasteiger partial charge in [0.2, 0.25) is 5.95 Å². The second-order valence-corrected chi connectivity index (χ2v) is 8.24. The van der Waals surface area contributed by atoms with E-state index in [9.17, 15) is 27.9 Å². The van der Waals surface area contributed by atoms with Gasteiger partial charge >= 0.3 is 18.1 Å². The number of carboxylic acid groups (broad SMARTS) is 2. The molecule has 1 aromatic carbocycles. The molecule has 0 spiro atoms. The summed E-state index contributed by atoms with van der Waals surface area (Å²) in [5, 5.41) is 21.4. The number of anilines is 3. The Hall–Kier alpha value is -4.20. The Balaban J connectivity index is 0.000000454. The third kappa shape index (κ3) is 6.91. The number of carbonyl (C=O) groups is 3. The number of thiophene rings is 1. The van der Waals surface area contributed by atoms with Gasteiger partial charge in [-0.1, -0.05) is 6.07 Å². The molecule has 1 aliphatic rings. The number of hydrogen-bond acceptors (Lipinski definition) is 8. The number of carbonyl (C=O) groups excluding carboxylic acids is 1. The monoisotopic (exact) mass is 523 g/mol. The van der Waals surface area contributed by atoms with Gasteiger partial charge in [-0.25, -0.2) is 19.6 Å². The van der Waals surface area contributed by atoms with Gasteiger partial charge in [-0.15, -0.1) is 11.3 Å². The third-order valence-corrected chi connectivity index (χ3v) is 5.80. The SMILES string of the molecule is O=C(Nc1ccc(N2CCN(c3ncccn3)CC2)c(C(=O)O)c1)c1cccs1.O=C(O)C(F)(F)F. The molecule has 1 aliphatic heterocycles. The van der Waals surface area contributed by atoms with Crippen molar-refractivity contribution < 1.29 is 37.8 Å². The lowest BCUT2D eigenvalue weighted by Crippen LogP contribution is -2.47. The van der Waals surface area contributed by atoms with Gasteiger partial charge in [0.15, 0.2) is 0 Å². The number of nitrogens with zero attached hydrogens (tertiary/aromatic N) is 4. The zero-order chi connectivity index (χ0) is 26.3. The zero-order valence-electron chi connectivity index (χ0n) is 18.5. The summed E-state index contributed by atoms with van der Waals surface area (Å²) in [6.07, 6.45) is -1.67. The predicted molar refractivity (Wildman–Crippen MR) is 126 cm³/mol. The number of benzene rings is 1. The standard InChI is InChI=1S/C20H19N5O3S.C2HF3O2/c26-18(17-3-1-12-29-17)23-14-4-5-16(15(13-14)19(27)28)24-8-10-25(11-9-24)20-21-6-2-7-22-20;3-2(4,5)1(6)7/h1-7,12-13H,8-11H2,(H,23,26)(H,27,28);(H,6,7). The lowest BCUT2D eigenvalue weighted by atomic mass is 10.1. The summed E-state index contributed by atoms with van der Waals surface area (Å²) in [4.78, 5) is 46.2. The molecule has 1 amide bonds. The molecule has 1 saturated heterocycles. The first kappa shape index (κ1) is 26.4. The first-order valence-corrected chi connectivity index (χ1v) is 11.2. The van der Waals surface area contributed by atoms with E-state index in [1.165, 1.54) is 17.4 Å². The number of aromatic carboxylic acids is 1. The molecule has 14 heteroatoms. The van der Waals surface area contributed by atoms with Crippen molar-refractivity contribution in [2.24, 2.45) is 0 Å². The van der Waals surface area contributed by atoms with E-state index >= 15 is 0 Å². The molecular formula is C22H20F3N5O5S. The van der Waals surface area contributed by atoms with E-state index in [4.69, 9.17) is 9.90 Å². The van der Waals surface area contributed by atoms with E-state index in [2.05, 4.69) is 20.2 Å². The molecule has 10 nitrogen and oxygen atoms in total. The van der Waals surface area contributed by atoms with Gasteiger partial charge in [0.05, 0.1) is 16.1 Å². The molecule has 0 unspecified atom stereocenters. The van der Waals surface area contributed by atoms with Crippen LogP contribution in [-0.4, -0.2) is 70.4 Å². The van der Waals surface area contributed by atoms with Crippen LogP contribution in [0, 0.1) is 0 Å². The molecule has 0 aliphatic carbocycles. The highest BCUT2D eigenvalue weighted by Crippen LogP contribution is 2.27. The predicted octanol–water partition coefficient (Wildman–Crippen LogP) is 3.45. The van der Waals surface area contributed by atoms with Crippen LogP contribution in [0.4, 0.5) is 30.5 Å². The van der Waals surface area contributed by atoms with Crippen molar-refractivity contribution in [1.82, 2.24) is 9.97 Å². The number of halogens is 3. The lowest BCUT2D eigenvalue weighted by Gasteiger charge is -2.36. The maximum Gasteiger partial charge on any atom is 0.490 e. The summed E-state index contributed by atoms with van der Waals surface area (Å²) in [7, 11) is 0. The van der Waals surface area contributed by atoms with Crippen LogP contribution in [0.15, 0.2) is 54.2 Å². The van der Waals surface area contributed by atoms with E-state index in [0.29, 0.717) is 48.4 Å². The summed E-state index contributed by atoms with van der Waals surface area (Å²) >= 11 is 1.33. The number of alkyl halides is 3. The Morgan fingerprint density at radius 1 is 0.944 bits per heavy atom. The molecule has 0 atom stereocenters. The summed E-state index contributed by atoms with van der Waals surface area (Å²) in [6.45, 7) is 2.69. The summed E-state index contributed by atoms with van der Waals surface area (Å²) in [5.41, 5.74) is 1.26. The van der Waals surface area contributed by atoms with Crippen LogP contribution >= 0.6 is 11.3 Å². The van der Waals surface area contributed by atoms with Gasteiger partial charge in [-0.05, 0) is 35.7 Å². The average molecular weight is 523 g/mol. The molecule has 2 aromatic heterocycles. The quantitative estimate of drug-likeness (QED) is 0.459. The summed E-state index contributed by atoms with van der Waals surface area (Å²) in [5.74, 6) is -3.36. The topological polar surface area (TPSA) is 136 Å². The number of nitrogens with one attached hydrogen (secondary N) is 1. The summed E-state index contributed by atoms with van der Waals surface area (Å²) < 4.78 is 31.7. The maximum absolute atomic E-state index is 12.2. The minimum absolute atomic E-state index is 0.165. The van der Waals surface area contributed by atoms with Crippen molar-refractivity contribution in [1.29, 1.82) is 0 Å². The Morgan fingerprint density at radius 3 is 2.08 bits per heavy atom. The first-order valence-electron chi connectivity index (χ1n) is 10.4. The highest BCUT2D eigenvalue weighted by Gasteiger charge is 2.38. The van der Waals surface area contributed by atoms with Crippen LogP contribution in [0.25, 0.3) is 0 Å². The van der Waals surface area contributed by atoms with Crippen LogP contribution in [0.3, 0.4) is 0 Å². The molecule has 0 radical (unpaired) electrons. The zero-order valence-corrected chi connectivity index (χ0v) is 19.3. The molecule has 3 N–H and O–H groups in total. The van der Waals surface area contributed by atoms with Crippen molar-refractivity contribution in [2.45, 2.75) is 6.18 Å². The number of piperazine rings is 1. The maximum atomic E-state index is 12.2. The largest absolute Gasteiger partial charge is 0.490 e. The van der Waals surface area contributed by atoms with Gasteiger partial charge < -0.3 is 25.3 Å². The number of aromatic nitrogens is 2. The van der Waals surface area contributed by atoms with Crippen molar-refractivity contribution in [3.05, 3.63) is 64.6 Å². The number of carboxylic acids is 2. The first-order chi connectivity index (χ1) is 17.1. The van der Waals surface area contributed by atoms with Crippen LogP contribution in [-0.2, 0) is 4.79 Å². The van der Waals surface area contributed by atoms with Gasteiger partial charge in [0.1, 0.15) is 0 Å². The second-order valence-electron chi connectivity index (χ2n) is 7.29. The van der Waals surface area contributed by atoms with E-state index in [-0.39, 0.29) is 11.5 Å². The molecule has 190 valence electrons. The van der Waals surface area contributed by atoms with Crippen LogP contribution in [0.1, 0.15) is 20.0 Å². The van der Waals surface area contributed by atoms with Gasteiger partial charge in [-0.3, -0.25) is 4.79 Å². The Kier molecular flexibility index (Phi) is 8.42. The summed E-state index contributed by atoms with van der Waals surface area (Å²) in [6, 6.07) is 10.3. The smallest absolute Gasteiger partial charge is 0.478 e. The Morgan fingerprint density at radius 2 is 1.56 bits per heavy atom. The number of hydrogen-bond donors (Lipinski definition) is 3. The van der Waals surface area contributed by atoms with E-state index in [0.717, 1.165) is 0 Å². The van der Waals surface area contributed by atoms with E-state index < -0.39 is 18.1 Å². The molecule has 3 aromatic rings. The minimum Gasteiger partial charge on any atom is -0.478 e. The fraction of sp³-hybridized carbons (Fsp3) is 0.227. The highest BCUT2D eigenvalue weighted by molar-refractivity contribution is 7.12. The Labute approximate surface area is 206 Å². The second kappa shape index (κ2) is 11.5. The lowest BCUT2D eigenvalue weighted by molar-refractivity contribution is -0.192. The fourth-order valence-corrected chi connectivity index (χ4v) is 3.88. The van der Waals surface area contributed by atoms with Crippen molar-refractivity contribution in [3.8, 4) is 0 Å².